The molecular formula is C15H18Cl2O5S. The number of ether oxygens (including phenoxy) is 1. The van der Waals surface area contributed by atoms with Crippen molar-refractivity contribution in [2.75, 3.05) is 6.61 Å². The van der Waals surface area contributed by atoms with Gasteiger partial charge in [-0.3, -0.25) is 0 Å². The van der Waals surface area contributed by atoms with Crippen molar-refractivity contribution in [3.63, 3.8) is 0 Å². The maximum Gasteiger partial charge on any atom is 0.338 e. The summed E-state index contributed by atoms with van der Waals surface area (Å²) in [5.74, 6) is 0.193. The molecule has 1 fully saturated rings. The molecule has 1 aliphatic rings. The summed E-state index contributed by atoms with van der Waals surface area (Å²) in [5, 5.41) is 12.1. The summed E-state index contributed by atoms with van der Waals surface area (Å²) in [4.78, 5) is 12.4. The molecule has 0 amide bonds. The van der Waals surface area contributed by atoms with E-state index in [4.69, 9.17) is 33.2 Å². The second kappa shape index (κ2) is 9.71. The van der Waals surface area contributed by atoms with Crippen LogP contribution >= 0.6 is 35.2 Å². The molecule has 0 radical (unpaired) electrons. The molecular weight excluding hydrogens is 363 g/mol. The number of esters is 1. The number of carbonyl (C=O) groups is 1. The predicted molar refractivity (Wildman–Crippen MR) is 88.6 cm³/mol. The third-order valence-corrected chi connectivity index (χ3v) is 5.42. The lowest BCUT2D eigenvalue weighted by atomic mass is 9.87. The van der Waals surface area contributed by atoms with Crippen molar-refractivity contribution in [2.24, 2.45) is 5.92 Å². The molecule has 1 saturated carbocycles. The molecule has 5 nitrogen and oxygen atoms in total. The van der Waals surface area contributed by atoms with Crippen molar-refractivity contribution < 1.29 is 24.2 Å². The minimum absolute atomic E-state index is 0.207. The molecule has 0 atom stereocenters. The van der Waals surface area contributed by atoms with Crippen molar-refractivity contribution in [3.05, 3.63) is 27.7 Å². The van der Waals surface area contributed by atoms with Gasteiger partial charge in [0.05, 0.1) is 39.2 Å². The van der Waals surface area contributed by atoms with Gasteiger partial charge in [0.15, 0.2) is 0 Å². The van der Waals surface area contributed by atoms with Crippen molar-refractivity contribution in [1.82, 2.24) is 0 Å². The van der Waals surface area contributed by atoms with Crippen LogP contribution in [0.4, 0.5) is 0 Å². The van der Waals surface area contributed by atoms with Crippen LogP contribution in [0.1, 0.15) is 48.9 Å². The largest absolute Gasteiger partial charge is 0.462 e. The Morgan fingerprint density at radius 2 is 1.87 bits per heavy atom. The van der Waals surface area contributed by atoms with Gasteiger partial charge >= 0.3 is 5.97 Å². The summed E-state index contributed by atoms with van der Waals surface area (Å²) in [6.07, 6.45) is 7.17. The van der Waals surface area contributed by atoms with Crippen LogP contribution in [0.25, 0.3) is 0 Å². The standard InChI is InChI=1S/C15H18Cl2O5S/c16-12-8-11(9-13(17)14(12)23-22-21-19)15(18)20-7-6-10-4-2-1-3-5-10/h8-10,19H,1-7H2. The van der Waals surface area contributed by atoms with E-state index in [0.717, 1.165) is 6.42 Å². The summed E-state index contributed by atoms with van der Waals surface area (Å²) >= 11 is 12.7. The molecule has 1 aromatic carbocycles. The van der Waals surface area contributed by atoms with Gasteiger partial charge in [-0.05, 0) is 24.5 Å². The van der Waals surface area contributed by atoms with Gasteiger partial charge in [0, 0.05) is 0 Å². The molecule has 2 rings (SSSR count). The molecule has 128 valence electrons. The van der Waals surface area contributed by atoms with Crippen LogP contribution < -0.4 is 0 Å². The fourth-order valence-corrected chi connectivity index (χ4v) is 3.74. The van der Waals surface area contributed by atoms with E-state index in [2.05, 4.69) is 9.37 Å². The van der Waals surface area contributed by atoms with E-state index in [1.54, 1.807) is 0 Å². The summed E-state index contributed by atoms with van der Waals surface area (Å²) in [5.41, 5.74) is 0.276. The Hall–Kier alpha value is -0.500. The van der Waals surface area contributed by atoms with Gasteiger partial charge in [0.25, 0.3) is 0 Å². The second-order valence-corrected chi connectivity index (χ2v) is 6.95. The van der Waals surface area contributed by atoms with E-state index in [9.17, 15) is 4.79 Å². The molecule has 1 aliphatic carbocycles. The number of hydrogen-bond donors (Lipinski definition) is 1. The van der Waals surface area contributed by atoms with Crippen LogP contribution in [-0.2, 0) is 14.1 Å². The molecule has 1 N–H and O–H groups in total. The summed E-state index contributed by atoms with van der Waals surface area (Å²) in [6.45, 7) is 0.400. The molecule has 23 heavy (non-hydrogen) atoms. The van der Waals surface area contributed by atoms with Crippen LogP contribution in [0.2, 0.25) is 10.0 Å². The van der Waals surface area contributed by atoms with E-state index in [-0.39, 0.29) is 15.6 Å². The highest BCUT2D eigenvalue weighted by atomic mass is 35.5. The Kier molecular flexibility index (Phi) is 7.95. The van der Waals surface area contributed by atoms with Gasteiger partial charge in [-0.25, -0.2) is 10.1 Å². The third kappa shape index (κ3) is 5.81. The number of rotatable bonds is 7. The number of hydrogen-bond acceptors (Lipinski definition) is 6. The fourth-order valence-electron chi connectivity index (χ4n) is 2.68. The minimum atomic E-state index is -0.458. The molecule has 0 aromatic heterocycles. The maximum absolute atomic E-state index is 12.1. The van der Waals surface area contributed by atoms with Crippen LogP contribution in [0.15, 0.2) is 17.0 Å². The van der Waals surface area contributed by atoms with E-state index >= 15 is 0 Å². The van der Waals surface area contributed by atoms with Gasteiger partial charge in [-0.1, -0.05) is 60.3 Å². The lowest BCUT2D eigenvalue weighted by Gasteiger charge is -2.21. The van der Waals surface area contributed by atoms with Gasteiger partial charge in [-0.2, -0.15) is 0 Å². The van der Waals surface area contributed by atoms with E-state index in [0.29, 0.717) is 29.5 Å². The predicted octanol–water partition coefficient (Wildman–Crippen LogP) is 5.55. The monoisotopic (exact) mass is 380 g/mol. The minimum Gasteiger partial charge on any atom is -0.462 e. The molecule has 0 unspecified atom stereocenters. The normalized spacial score (nSPS) is 15.6. The topological polar surface area (TPSA) is 65.0 Å². The highest BCUT2D eigenvalue weighted by Gasteiger charge is 2.17. The second-order valence-electron chi connectivity index (χ2n) is 5.42. The van der Waals surface area contributed by atoms with Crippen LogP contribution in [-0.4, -0.2) is 17.8 Å². The van der Waals surface area contributed by atoms with E-state index < -0.39 is 5.97 Å². The molecule has 0 spiro atoms. The van der Waals surface area contributed by atoms with E-state index in [1.165, 1.54) is 44.2 Å². The van der Waals surface area contributed by atoms with Gasteiger partial charge in [-0.15, -0.1) is 4.33 Å². The first-order chi connectivity index (χ1) is 11.1. The smallest absolute Gasteiger partial charge is 0.338 e. The van der Waals surface area contributed by atoms with Crippen molar-refractivity contribution in [1.29, 1.82) is 0 Å². The average molecular weight is 381 g/mol. The summed E-state index contributed by atoms with van der Waals surface area (Å²) < 4.78 is 9.60. The van der Waals surface area contributed by atoms with Crippen molar-refractivity contribution in [3.8, 4) is 0 Å². The summed E-state index contributed by atoms with van der Waals surface area (Å²) in [6, 6.07) is 2.89. The van der Waals surface area contributed by atoms with Gasteiger partial charge in [0.1, 0.15) is 0 Å². The third-order valence-electron chi connectivity index (χ3n) is 3.87. The van der Waals surface area contributed by atoms with Gasteiger partial charge in [0.2, 0.25) is 0 Å². The molecule has 1 aromatic rings. The average Bonchev–Trinajstić information content (AvgIpc) is 2.55. The van der Waals surface area contributed by atoms with E-state index in [1.807, 2.05) is 0 Å². The Bertz CT molecular complexity index is 512. The Morgan fingerprint density at radius 1 is 1.22 bits per heavy atom. The summed E-state index contributed by atoms with van der Waals surface area (Å²) in [7, 11) is 0. The number of benzene rings is 1. The zero-order valence-corrected chi connectivity index (χ0v) is 14.8. The first kappa shape index (κ1) is 18.8. The molecule has 0 bridgehead atoms. The highest BCUT2D eigenvalue weighted by molar-refractivity contribution is 7.94. The van der Waals surface area contributed by atoms with Crippen molar-refractivity contribution >= 4 is 41.2 Å². The number of halogens is 2. The van der Waals surface area contributed by atoms with Crippen LogP contribution in [0.5, 0.6) is 0 Å². The number of carbonyl (C=O) groups excluding carboxylic acids is 1. The van der Waals surface area contributed by atoms with Crippen LogP contribution in [0, 0.1) is 5.92 Å². The molecule has 8 heteroatoms. The molecule has 0 aliphatic heterocycles. The van der Waals surface area contributed by atoms with Gasteiger partial charge < -0.3 is 4.74 Å². The lowest BCUT2D eigenvalue weighted by Crippen LogP contribution is -2.12. The Balaban J connectivity index is 1.88. The maximum atomic E-state index is 12.1. The quantitative estimate of drug-likeness (QED) is 0.289. The first-order valence-corrected chi connectivity index (χ1v) is 8.92. The highest BCUT2D eigenvalue weighted by Crippen LogP contribution is 2.36. The lowest BCUT2D eigenvalue weighted by molar-refractivity contribution is -0.432. The van der Waals surface area contributed by atoms with Crippen molar-refractivity contribution in [2.45, 2.75) is 43.4 Å². The molecule has 0 saturated heterocycles. The Labute approximate surface area is 149 Å². The Morgan fingerprint density at radius 3 is 2.48 bits per heavy atom. The SMILES string of the molecule is O=C(OCCC1CCCCC1)c1cc(Cl)c(SOOO)c(Cl)c1. The zero-order valence-electron chi connectivity index (χ0n) is 12.4. The molecule has 0 heterocycles. The zero-order chi connectivity index (χ0) is 16.7. The first-order valence-electron chi connectivity index (χ1n) is 7.42. The fraction of sp³-hybridized carbons (Fsp3) is 0.533. The van der Waals surface area contributed by atoms with Crippen LogP contribution in [0.3, 0.4) is 0 Å².